The van der Waals surface area contributed by atoms with Crippen molar-refractivity contribution in [1.29, 1.82) is 0 Å². The topological polar surface area (TPSA) is 53.7 Å². The molecule has 0 saturated heterocycles. The van der Waals surface area contributed by atoms with Crippen molar-refractivity contribution in [1.82, 2.24) is 4.90 Å². The van der Waals surface area contributed by atoms with E-state index in [4.69, 9.17) is 4.42 Å². The van der Waals surface area contributed by atoms with E-state index in [-0.39, 0.29) is 6.04 Å². The molecule has 1 aliphatic heterocycles. The van der Waals surface area contributed by atoms with Crippen molar-refractivity contribution in [2.75, 3.05) is 6.54 Å². The fraction of sp³-hybridized carbons (Fsp3) is 0.353. The standard InChI is InChI=1S/C17H19NO3/c1-11-7-8-16(21-11)12(2)18-9-13-5-3-4-6-14(13)15(10-18)17(19)20/h3-8,12,15H,9-10H2,1-2H3,(H,19,20). The Kier molecular flexibility index (Phi) is 3.55. The molecule has 1 N–H and O–H groups in total. The number of furan rings is 1. The average molecular weight is 285 g/mol. The van der Waals surface area contributed by atoms with Gasteiger partial charge in [-0.05, 0) is 37.1 Å². The third kappa shape index (κ3) is 2.59. The zero-order valence-corrected chi connectivity index (χ0v) is 12.2. The number of carboxylic acid groups (broad SMARTS) is 1. The van der Waals surface area contributed by atoms with Crippen LogP contribution in [0.4, 0.5) is 0 Å². The monoisotopic (exact) mass is 285 g/mol. The van der Waals surface area contributed by atoms with Crippen molar-refractivity contribution in [3.8, 4) is 0 Å². The molecule has 0 radical (unpaired) electrons. The van der Waals surface area contributed by atoms with Gasteiger partial charge in [0.1, 0.15) is 11.5 Å². The lowest BCUT2D eigenvalue weighted by Gasteiger charge is -2.35. The minimum Gasteiger partial charge on any atom is -0.481 e. The summed E-state index contributed by atoms with van der Waals surface area (Å²) in [5.41, 5.74) is 2.02. The lowest BCUT2D eigenvalue weighted by Crippen LogP contribution is -2.38. The summed E-state index contributed by atoms with van der Waals surface area (Å²) in [5, 5.41) is 9.51. The van der Waals surface area contributed by atoms with Gasteiger partial charge in [-0.15, -0.1) is 0 Å². The van der Waals surface area contributed by atoms with E-state index in [0.29, 0.717) is 6.54 Å². The fourth-order valence-corrected chi connectivity index (χ4v) is 3.00. The highest BCUT2D eigenvalue weighted by molar-refractivity contribution is 5.77. The fourth-order valence-electron chi connectivity index (χ4n) is 3.00. The zero-order chi connectivity index (χ0) is 15.0. The Bertz CT molecular complexity index is 662. The summed E-state index contributed by atoms with van der Waals surface area (Å²) in [5.74, 6) is 0.517. The van der Waals surface area contributed by atoms with Crippen LogP contribution in [-0.4, -0.2) is 22.5 Å². The molecule has 4 nitrogen and oxygen atoms in total. The third-order valence-electron chi connectivity index (χ3n) is 4.24. The Morgan fingerprint density at radius 2 is 2.10 bits per heavy atom. The Morgan fingerprint density at radius 3 is 2.76 bits per heavy atom. The van der Waals surface area contributed by atoms with Crippen molar-refractivity contribution in [2.24, 2.45) is 0 Å². The lowest BCUT2D eigenvalue weighted by molar-refractivity contribution is -0.139. The van der Waals surface area contributed by atoms with E-state index in [2.05, 4.69) is 11.8 Å². The highest BCUT2D eigenvalue weighted by atomic mass is 16.4. The smallest absolute Gasteiger partial charge is 0.312 e. The molecule has 2 heterocycles. The van der Waals surface area contributed by atoms with Gasteiger partial charge in [0, 0.05) is 13.1 Å². The van der Waals surface area contributed by atoms with Crippen molar-refractivity contribution in [2.45, 2.75) is 32.4 Å². The van der Waals surface area contributed by atoms with Crippen LogP contribution in [0.3, 0.4) is 0 Å². The number of fused-ring (bicyclic) bond motifs is 1. The molecule has 0 amide bonds. The molecule has 1 aliphatic rings. The normalized spacial score (nSPS) is 20.0. The molecule has 0 bridgehead atoms. The molecule has 0 saturated carbocycles. The van der Waals surface area contributed by atoms with E-state index in [1.165, 1.54) is 0 Å². The first kappa shape index (κ1) is 13.9. The summed E-state index contributed by atoms with van der Waals surface area (Å²) in [6, 6.07) is 11.8. The number of nitrogens with zero attached hydrogens (tertiary/aromatic N) is 1. The molecule has 3 rings (SSSR count). The molecule has 1 aromatic heterocycles. The van der Waals surface area contributed by atoms with Crippen molar-refractivity contribution in [3.05, 3.63) is 59.0 Å². The lowest BCUT2D eigenvalue weighted by atomic mass is 9.89. The summed E-state index contributed by atoms with van der Waals surface area (Å²) >= 11 is 0. The minimum absolute atomic E-state index is 0.0638. The summed E-state index contributed by atoms with van der Waals surface area (Å²) in [4.78, 5) is 13.7. The van der Waals surface area contributed by atoms with Crippen LogP contribution in [0.25, 0.3) is 0 Å². The number of carbonyl (C=O) groups is 1. The van der Waals surface area contributed by atoms with Gasteiger partial charge in [0.05, 0.1) is 12.0 Å². The van der Waals surface area contributed by atoms with Crippen molar-refractivity contribution >= 4 is 5.97 Å². The first-order valence-electron chi connectivity index (χ1n) is 7.17. The molecule has 1 aromatic carbocycles. The van der Waals surface area contributed by atoms with Gasteiger partial charge in [-0.2, -0.15) is 0 Å². The maximum Gasteiger partial charge on any atom is 0.312 e. The summed E-state index contributed by atoms with van der Waals surface area (Å²) in [6.07, 6.45) is 0. The van der Waals surface area contributed by atoms with Crippen LogP contribution in [0.5, 0.6) is 0 Å². The van der Waals surface area contributed by atoms with E-state index in [1.54, 1.807) is 0 Å². The van der Waals surface area contributed by atoms with Gasteiger partial charge < -0.3 is 9.52 Å². The SMILES string of the molecule is Cc1ccc(C(C)N2Cc3ccccc3C(C(=O)O)C2)o1. The van der Waals surface area contributed by atoms with Crippen LogP contribution in [0, 0.1) is 6.92 Å². The molecule has 4 heteroatoms. The Labute approximate surface area is 124 Å². The Hall–Kier alpha value is -2.07. The van der Waals surface area contributed by atoms with Gasteiger partial charge in [-0.25, -0.2) is 0 Å². The first-order chi connectivity index (χ1) is 10.1. The number of benzene rings is 1. The maximum absolute atomic E-state index is 11.6. The summed E-state index contributed by atoms with van der Waals surface area (Å²) in [7, 11) is 0. The number of carboxylic acids is 1. The molecule has 0 aliphatic carbocycles. The predicted octanol–water partition coefficient (Wildman–Crippen LogP) is 3.33. The van der Waals surface area contributed by atoms with Crippen LogP contribution in [0.1, 0.15) is 41.5 Å². The van der Waals surface area contributed by atoms with Gasteiger partial charge in [-0.1, -0.05) is 24.3 Å². The number of hydrogen-bond acceptors (Lipinski definition) is 3. The molecule has 0 fully saturated rings. The predicted molar refractivity (Wildman–Crippen MR) is 79.1 cm³/mol. The molecule has 2 aromatic rings. The quantitative estimate of drug-likeness (QED) is 0.939. The molecular formula is C17H19NO3. The van der Waals surface area contributed by atoms with Crippen molar-refractivity contribution in [3.63, 3.8) is 0 Å². The van der Waals surface area contributed by atoms with Crippen LogP contribution < -0.4 is 0 Å². The Balaban J connectivity index is 1.91. The van der Waals surface area contributed by atoms with Gasteiger partial charge in [0.2, 0.25) is 0 Å². The van der Waals surface area contributed by atoms with Gasteiger partial charge in [0.15, 0.2) is 0 Å². The highest BCUT2D eigenvalue weighted by Crippen LogP contribution is 2.34. The number of aliphatic carboxylic acids is 1. The van der Waals surface area contributed by atoms with E-state index in [9.17, 15) is 9.90 Å². The summed E-state index contributed by atoms with van der Waals surface area (Å²) < 4.78 is 5.69. The second-order valence-corrected chi connectivity index (χ2v) is 5.64. The van der Waals surface area contributed by atoms with Crippen LogP contribution in [0.15, 0.2) is 40.8 Å². The molecule has 2 unspecified atom stereocenters. The largest absolute Gasteiger partial charge is 0.481 e. The number of aryl methyl sites for hydroxylation is 1. The van der Waals surface area contributed by atoms with E-state index in [1.807, 2.05) is 43.3 Å². The van der Waals surface area contributed by atoms with Crippen molar-refractivity contribution < 1.29 is 14.3 Å². The summed E-state index contributed by atoms with van der Waals surface area (Å²) in [6.45, 7) is 5.24. The molecule has 2 atom stereocenters. The Morgan fingerprint density at radius 1 is 1.33 bits per heavy atom. The second-order valence-electron chi connectivity index (χ2n) is 5.64. The van der Waals surface area contributed by atoms with Crippen LogP contribution in [0.2, 0.25) is 0 Å². The van der Waals surface area contributed by atoms with Gasteiger partial charge in [0.25, 0.3) is 0 Å². The first-order valence-corrected chi connectivity index (χ1v) is 7.17. The molecule has 0 spiro atoms. The van der Waals surface area contributed by atoms with Gasteiger partial charge in [-0.3, -0.25) is 9.69 Å². The zero-order valence-electron chi connectivity index (χ0n) is 12.2. The van der Waals surface area contributed by atoms with Gasteiger partial charge >= 0.3 is 5.97 Å². The van der Waals surface area contributed by atoms with E-state index < -0.39 is 11.9 Å². The van der Waals surface area contributed by atoms with Crippen LogP contribution in [-0.2, 0) is 11.3 Å². The van der Waals surface area contributed by atoms with Crippen LogP contribution >= 0.6 is 0 Å². The second kappa shape index (κ2) is 5.37. The third-order valence-corrected chi connectivity index (χ3v) is 4.24. The van der Waals surface area contributed by atoms with E-state index >= 15 is 0 Å². The maximum atomic E-state index is 11.6. The molecular weight excluding hydrogens is 266 g/mol. The molecule has 21 heavy (non-hydrogen) atoms. The average Bonchev–Trinajstić information content (AvgIpc) is 2.91. The van der Waals surface area contributed by atoms with E-state index in [0.717, 1.165) is 29.2 Å². The molecule has 110 valence electrons. The minimum atomic E-state index is -0.769. The highest BCUT2D eigenvalue weighted by Gasteiger charge is 2.33. The number of rotatable bonds is 3. The number of hydrogen-bond donors (Lipinski definition) is 1.